The molecule has 3 heteroatoms. The van der Waals surface area contributed by atoms with Gasteiger partial charge in [-0.3, -0.25) is 9.69 Å². The predicted octanol–water partition coefficient (Wildman–Crippen LogP) is 0.701. The highest BCUT2D eigenvalue weighted by molar-refractivity contribution is 5.77. The number of likely N-dealkylation sites (N-methyl/N-ethyl adjacent to an activating group) is 2. The molecule has 0 spiro atoms. The lowest BCUT2D eigenvalue weighted by atomic mass is 10.1. The van der Waals surface area contributed by atoms with Crippen LogP contribution < -0.4 is 0 Å². The van der Waals surface area contributed by atoms with Gasteiger partial charge in [0.05, 0.1) is 0 Å². The number of fused-ring (bicyclic) bond motifs is 2. The second-order valence-corrected chi connectivity index (χ2v) is 4.19. The molecule has 0 radical (unpaired) electrons. The molecule has 0 saturated carbocycles. The lowest BCUT2D eigenvalue weighted by molar-refractivity contribution is -0.131. The summed E-state index contributed by atoms with van der Waals surface area (Å²) in [6.07, 6.45) is 3.22. The number of hydrogen-bond donors (Lipinski definition) is 0. The van der Waals surface area contributed by atoms with E-state index in [0.29, 0.717) is 18.0 Å². The van der Waals surface area contributed by atoms with Crippen LogP contribution in [-0.4, -0.2) is 47.9 Å². The summed E-state index contributed by atoms with van der Waals surface area (Å²) in [5, 5.41) is 0. The monoisotopic (exact) mass is 182 g/mol. The zero-order chi connectivity index (χ0) is 9.42. The Bertz CT molecular complexity index is 217. The minimum absolute atomic E-state index is 0.349. The van der Waals surface area contributed by atoms with Crippen molar-refractivity contribution in [3.05, 3.63) is 0 Å². The van der Waals surface area contributed by atoms with E-state index in [2.05, 4.69) is 18.9 Å². The van der Waals surface area contributed by atoms with Crippen molar-refractivity contribution in [1.82, 2.24) is 9.80 Å². The predicted molar refractivity (Wildman–Crippen MR) is 51.4 cm³/mol. The zero-order valence-corrected chi connectivity index (χ0v) is 8.49. The molecule has 2 saturated heterocycles. The van der Waals surface area contributed by atoms with Gasteiger partial charge in [0.1, 0.15) is 0 Å². The Labute approximate surface area is 79.7 Å². The van der Waals surface area contributed by atoms with Crippen molar-refractivity contribution in [1.29, 1.82) is 0 Å². The Kier molecular flexibility index (Phi) is 2.28. The van der Waals surface area contributed by atoms with E-state index in [1.165, 1.54) is 12.8 Å². The van der Waals surface area contributed by atoms with Crippen LogP contribution in [0.2, 0.25) is 0 Å². The highest BCUT2D eigenvalue weighted by atomic mass is 16.2. The zero-order valence-electron chi connectivity index (χ0n) is 8.49. The van der Waals surface area contributed by atoms with Gasteiger partial charge in [0.2, 0.25) is 5.91 Å². The lowest BCUT2D eigenvalue weighted by Gasteiger charge is -2.24. The first-order chi connectivity index (χ1) is 6.22. The van der Waals surface area contributed by atoms with E-state index in [-0.39, 0.29) is 0 Å². The lowest BCUT2D eigenvalue weighted by Crippen LogP contribution is -2.38. The van der Waals surface area contributed by atoms with Gasteiger partial charge >= 0.3 is 0 Å². The van der Waals surface area contributed by atoms with Crippen molar-refractivity contribution in [2.75, 3.05) is 20.1 Å². The van der Waals surface area contributed by atoms with Crippen LogP contribution >= 0.6 is 0 Å². The Balaban J connectivity index is 2.13. The van der Waals surface area contributed by atoms with Gasteiger partial charge in [-0.15, -0.1) is 0 Å². The molecule has 0 aromatic carbocycles. The SMILES string of the molecule is CCN1CC2CCC(CC1=O)N2C. The minimum atomic E-state index is 0.349. The fourth-order valence-corrected chi connectivity index (χ4v) is 2.55. The van der Waals surface area contributed by atoms with E-state index < -0.39 is 0 Å². The summed E-state index contributed by atoms with van der Waals surface area (Å²) in [7, 11) is 2.16. The summed E-state index contributed by atoms with van der Waals surface area (Å²) in [6, 6.07) is 1.14. The molecule has 2 rings (SSSR count). The molecule has 2 aliphatic rings. The average molecular weight is 182 g/mol. The van der Waals surface area contributed by atoms with Crippen LogP contribution in [0, 0.1) is 0 Å². The second kappa shape index (κ2) is 3.29. The Morgan fingerprint density at radius 1 is 1.38 bits per heavy atom. The first kappa shape index (κ1) is 9.00. The van der Waals surface area contributed by atoms with Crippen molar-refractivity contribution >= 4 is 5.91 Å². The van der Waals surface area contributed by atoms with Crippen LogP contribution in [-0.2, 0) is 4.79 Å². The highest BCUT2D eigenvalue weighted by Gasteiger charge is 2.37. The molecular weight excluding hydrogens is 164 g/mol. The normalized spacial score (nSPS) is 35.2. The van der Waals surface area contributed by atoms with Gasteiger partial charge in [0.25, 0.3) is 0 Å². The van der Waals surface area contributed by atoms with Crippen LogP contribution in [0.1, 0.15) is 26.2 Å². The maximum atomic E-state index is 11.7. The van der Waals surface area contributed by atoms with E-state index in [0.717, 1.165) is 19.5 Å². The molecule has 0 aromatic rings. The Morgan fingerprint density at radius 3 is 2.77 bits per heavy atom. The number of amides is 1. The number of nitrogens with zero attached hydrogens (tertiary/aromatic N) is 2. The molecule has 2 heterocycles. The third-order valence-electron chi connectivity index (χ3n) is 3.56. The molecule has 1 amide bonds. The van der Waals surface area contributed by atoms with Gasteiger partial charge in [-0.25, -0.2) is 0 Å². The van der Waals surface area contributed by atoms with Gasteiger partial charge in [0, 0.05) is 31.6 Å². The highest BCUT2D eigenvalue weighted by Crippen LogP contribution is 2.28. The van der Waals surface area contributed by atoms with Crippen LogP contribution in [0.5, 0.6) is 0 Å². The molecule has 2 bridgehead atoms. The third kappa shape index (κ3) is 1.46. The smallest absolute Gasteiger partial charge is 0.224 e. The number of likely N-dealkylation sites (tertiary alicyclic amines) is 1. The molecule has 3 nitrogen and oxygen atoms in total. The Hall–Kier alpha value is -0.570. The molecule has 0 aliphatic carbocycles. The van der Waals surface area contributed by atoms with Gasteiger partial charge in [-0.2, -0.15) is 0 Å². The molecule has 0 N–H and O–H groups in total. The summed E-state index contributed by atoms with van der Waals surface area (Å²) < 4.78 is 0. The van der Waals surface area contributed by atoms with Crippen LogP contribution in [0.25, 0.3) is 0 Å². The molecule has 2 unspecified atom stereocenters. The van der Waals surface area contributed by atoms with Gasteiger partial charge < -0.3 is 4.90 Å². The average Bonchev–Trinajstić information content (AvgIpc) is 2.37. The summed E-state index contributed by atoms with van der Waals surface area (Å²) in [5.74, 6) is 0.349. The fraction of sp³-hybridized carbons (Fsp3) is 0.900. The number of carbonyl (C=O) groups is 1. The molecule has 2 fully saturated rings. The van der Waals surface area contributed by atoms with Gasteiger partial charge in [-0.1, -0.05) is 0 Å². The van der Waals surface area contributed by atoms with Crippen LogP contribution in [0.4, 0.5) is 0 Å². The molecule has 0 aromatic heterocycles. The number of rotatable bonds is 1. The van der Waals surface area contributed by atoms with Crippen molar-refractivity contribution in [3.8, 4) is 0 Å². The summed E-state index contributed by atoms with van der Waals surface area (Å²) in [4.78, 5) is 16.1. The largest absolute Gasteiger partial charge is 0.341 e. The van der Waals surface area contributed by atoms with E-state index >= 15 is 0 Å². The van der Waals surface area contributed by atoms with Crippen LogP contribution in [0.3, 0.4) is 0 Å². The number of carbonyl (C=O) groups excluding carboxylic acids is 1. The molecule has 2 atom stereocenters. The van der Waals surface area contributed by atoms with Crippen LogP contribution in [0.15, 0.2) is 0 Å². The maximum Gasteiger partial charge on any atom is 0.224 e. The minimum Gasteiger partial charge on any atom is -0.341 e. The first-order valence-electron chi connectivity index (χ1n) is 5.22. The van der Waals surface area contributed by atoms with E-state index in [1.807, 2.05) is 4.90 Å². The Morgan fingerprint density at radius 2 is 2.08 bits per heavy atom. The topological polar surface area (TPSA) is 23.6 Å². The molecule has 74 valence electrons. The summed E-state index contributed by atoms with van der Waals surface area (Å²) in [5.41, 5.74) is 0. The fourth-order valence-electron chi connectivity index (χ4n) is 2.55. The van der Waals surface area contributed by atoms with Crippen molar-refractivity contribution in [2.24, 2.45) is 0 Å². The van der Waals surface area contributed by atoms with E-state index in [1.54, 1.807) is 0 Å². The van der Waals surface area contributed by atoms with E-state index in [4.69, 9.17) is 0 Å². The standard InChI is InChI=1S/C10H18N2O/c1-3-12-7-9-5-4-8(11(9)2)6-10(12)13/h8-9H,3-7H2,1-2H3. The maximum absolute atomic E-state index is 11.7. The third-order valence-corrected chi connectivity index (χ3v) is 3.56. The van der Waals surface area contributed by atoms with Crippen molar-refractivity contribution in [2.45, 2.75) is 38.3 Å². The van der Waals surface area contributed by atoms with Gasteiger partial charge in [0.15, 0.2) is 0 Å². The van der Waals surface area contributed by atoms with Gasteiger partial charge in [-0.05, 0) is 26.8 Å². The van der Waals surface area contributed by atoms with Crippen molar-refractivity contribution in [3.63, 3.8) is 0 Å². The molecule has 2 aliphatic heterocycles. The second-order valence-electron chi connectivity index (χ2n) is 4.19. The summed E-state index contributed by atoms with van der Waals surface area (Å²) >= 11 is 0. The van der Waals surface area contributed by atoms with E-state index in [9.17, 15) is 4.79 Å². The first-order valence-corrected chi connectivity index (χ1v) is 5.22. The summed E-state index contributed by atoms with van der Waals surface area (Å²) in [6.45, 7) is 3.88. The molecule has 13 heavy (non-hydrogen) atoms. The number of hydrogen-bond acceptors (Lipinski definition) is 2. The quantitative estimate of drug-likeness (QED) is 0.596. The molecular formula is C10H18N2O. The van der Waals surface area contributed by atoms with Crippen molar-refractivity contribution < 1.29 is 4.79 Å².